The molecule has 2 atom stereocenters. The Morgan fingerprint density at radius 3 is 2.42 bits per heavy atom. The van der Waals surface area contributed by atoms with Gasteiger partial charge in [0, 0.05) is 6.61 Å². The molecule has 6 heteroatoms. The van der Waals surface area contributed by atoms with Crippen molar-refractivity contribution >= 4 is 5.97 Å². The Morgan fingerprint density at radius 2 is 1.89 bits per heavy atom. The molecular weight excluding hydrogens is 261 g/mol. The van der Waals surface area contributed by atoms with E-state index in [0.717, 1.165) is 12.1 Å². The van der Waals surface area contributed by atoms with Gasteiger partial charge < -0.3 is 9.84 Å². The fourth-order valence-electron chi connectivity index (χ4n) is 2.22. The first kappa shape index (κ1) is 13.9. The quantitative estimate of drug-likeness (QED) is 0.900. The van der Waals surface area contributed by atoms with E-state index in [1.807, 2.05) is 0 Å². The van der Waals surface area contributed by atoms with Crippen LogP contribution in [0.25, 0.3) is 0 Å². The number of rotatable bonds is 2. The molecule has 1 aliphatic rings. The standard InChI is InChI=1S/C13H13F3O3/c14-13(15,16)9-5-3-8(4-6-9)11-10(12(17)18)2-1-7-19-11/h3-6,10-11H,1-2,7H2,(H,17,18). The Bertz CT molecular complexity index is 453. The molecule has 2 unspecified atom stereocenters. The normalized spacial score (nSPS) is 24.2. The topological polar surface area (TPSA) is 46.5 Å². The largest absolute Gasteiger partial charge is 0.481 e. The van der Waals surface area contributed by atoms with Crippen molar-refractivity contribution < 1.29 is 27.8 Å². The second kappa shape index (κ2) is 5.21. The van der Waals surface area contributed by atoms with Crippen molar-refractivity contribution in [3.05, 3.63) is 35.4 Å². The molecule has 0 saturated carbocycles. The number of halogens is 3. The zero-order chi connectivity index (χ0) is 14.0. The third kappa shape index (κ3) is 3.07. The molecule has 1 aliphatic heterocycles. The first-order valence-corrected chi connectivity index (χ1v) is 5.91. The highest BCUT2D eigenvalue weighted by Crippen LogP contribution is 2.35. The summed E-state index contributed by atoms with van der Waals surface area (Å²) in [6.07, 6.45) is -3.94. The number of benzene rings is 1. The van der Waals surface area contributed by atoms with E-state index in [9.17, 15) is 18.0 Å². The van der Waals surface area contributed by atoms with Crippen LogP contribution in [0.2, 0.25) is 0 Å². The summed E-state index contributed by atoms with van der Waals surface area (Å²) in [4.78, 5) is 11.1. The fraction of sp³-hybridized carbons (Fsp3) is 0.462. The van der Waals surface area contributed by atoms with E-state index < -0.39 is 29.7 Å². The summed E-state index contributed by atoms with van der Waals surface area (Å²) in [5, 5.41) is 9.09. The lowest BCUT2D eigenvalue weighted by molar-refractivity contribution is -0.152. The highest BCUT2D eigenvalue weighted by Gasteiger charge is 2.34. The van der Waals surface area contributed by atoms with Crippen LogP contribution in [0.15, 0.2) is 24.3 Å². The maximum Gasteiger partial charge on any atom is 0.416 e. The van der Waals surface area contributed by atoms with E-state index in [4.69, 9.17) is 9.84 Å². The van der Waals surface area contributed by atoms with Crippen molar-refractivity contribution in [1.29, 1.82) is 0 Å². The summed E-state index contributed by atoms with van der Waals surface area (Å²) in [5.74, 6) is -1.69. The molecule has 0 aliphatic carbocycles. The first-order chi connectivity index (χ1) is 8.89. The zero-order valence-electron chi connectivity index (χ0n) is 9.98. The molecule has 1 fully saturated rings. The van der Waals surface area contributed by atoms with Crippen LogP contribution in [0.1, 0.15) is 30.1 Å². The molecule has 1 N–H and O–H groups in total. The molecular formula is C13H13F3O3. The van der Waals surface area contributed by atoms with Gasteiger partial charge in [0.1, 0.15) is 0 Å². The predicted octanol–water partition coefficient (Wildman–Crippen LogP) is 3.26. The monoisotopic (exact) mass is 274 g/mol. The summed E-state index contributed by atoms with van der Waals surface area (Å²) in [7, 11) is 0. The molecule has 3 nitrogen and oxygen atoms in total. The second-order valence-corrected chi connectivity index (χ2v) is 4.50. The molecule has 0 spiro atoms. The number of aliphatic carboxylic acids is 1. The smallest absolute Gasteiger partial charge is 0.416 e. The maximum atomic E-state index is 12.4. The minimum Gasteiger partial charge on any atom is -0.481 e. The Hall–Kier alpha value is -1.56. The molecule has 104 valence electrons. The van der Waals surface area contributed by atoms with Gasteiger partial charge in [0.15, 0.2) is 0 Å². The highest BCUT2D eigenvalue weighted by atomic mass is 19.4. The average molecular weight is 274 g/mol. The fourth-order valence-corrected chi connectivity index (χ4v) is 2.22. The lowest BCUT2D eigenvalue weighted by atomic mass is 9.89. The number of alkyl halides is 3. The van der Waals surface area contributed by atoms with Gasteiger partial charge in [-0.25, -0.2) is 0 Å². The SMILES string of the molecule is O=C(O)C1CCCOC1c1ccc(C(F)(F)F)cc1. The first-order valence-electron chi connectivity index (χ1n) is 5.91. The number of hydrogen-bond donors (Lipinski definition) is 1. The van der Waals surface area contributed by atoms with Crippen LogP contribution in [-0.4, -0.2) is 17.7 Å². The molecule has 0 bridgehead atoms. The molecule has 19 heavy (non-hydrogen) atoms. The summed E-state index contributed by atoms with van der Waals surface area (Å²) in [6, 6.07) is 4.47. The zero-order valence-corrected chi connectivity index (χ0v) is 9.98. The van der Waals surface area contributed by atoms with E-state index in [1.165, 1.54) is 12.1 Å². The second-order valence-electron chi connectivity index (χ2n) is 4.50. The van der Waals surface area contributed by atoms with Crippen LogP contribution in [0, 0.1) is 5.92 Å². The van der Waals surface area contributed by atoms with Gasteiger partial charge in [-0.3, -0.25) is 4.79 Å². The van der Waals surface area contributed by atoms with Crippen molar-refractivity contribution in [2.75, 3.05) is 6.61 Å². The minimum absolute atomic E-state index is 0.426. The third-order valence-electron chi connectivity index (χ3n) is 3.21. The van der Waals surface area contributed by atoms with Gasteiger partial charge in [0.05, 0.1) is 17.6 Å². The van der Waals surface area contributed by atoms with E-state index in [1.54, 1.807) is 0 Å². The van der Waals surface area contributed by atoms with Gasteiger partial charge in [-0.2, -0.15) is 13.2 Å². The van der Waals surface area contributed by atoms with Gasteiger partial charge in [-0.1, -0.05) is 12.1 Å². The van der Waals surface area contributed by atoms with Crippen molar-refractivity contribution in [1.82, 2.24) is 0 Å². The van der Waals surface area contributed by atoms with Gasteiger partial charge in [0.25, 0.3) is 0 Å². The Kier molecular flexibility index (Phi) is 3.80. The average Bonchev–Trinajstić information content (AvgIpc) is 2.38. The van der Waals surface area contributed by atoms with E-state index in [2.05, 4.69) is 0 Å². The summed E-state index contributed by atoms with van der Waals surface area (Å²) < 4.78 is 42.7. The lowest BCUT2D eigenvalue weighted by Gasteiger charge is -2.29. The van der Waals surface area contributed by atoms with Crippen LogP contribution in [0.3, 0.4) is 0 Å². The summed E-state index contributed by atoms with van der Waals surface area (Å²) in [6.45, 7) is 0.426. The van der Waals surface area contributed by atoms with E-state index in [-0.39, 0.29) is 0 Å². The van der Waals surface area contributed by atoms with Gasteiger partial charge in [-0.15, -0.1) is 0 Å². The molecule has 2 rings (SSSR count). The molecule has 1 heterocycles. The Balaban J connectivity index is 2.23. The minimum atomic E-state index is -4.39. The van der Waals surface area contributed by atoms with E-state index >= 15 is 0 Å². The molecule has 0 radical (unpaired) electrons. The number of carboxylic acids is 1. The molecule has 0 aromatic heterocycles. The van der Waals surface area contributed by atoms with Crippen molar-refractivity contribution in [2.45, 2.75) is 25.1 Å². The van der Waals surface area contributed by atoms with E-state index in [0.29, 0.717) is 25.0 Å². The summed E-state index contributed by atoms with van der Waals surface area (Å²) in [5.41, 5.74) is -0.279. The maximum absolute atomic E-state index is 12.4. The van der Waals surface area contributed by atoms with Crippen LogP contribution in [-0.2, 0) is 15.7 Å². The van der Waals surface area contributed by atoms with Gasteiger partial charge in [-0.05, 0) is 30.5 Å². The van der Waals surface area contributed by atoms with Crippen LogP contribution in [0.4, 0.5) is 13.2 Å². The Labute approximate surface area is 108 Å². The van der Waals surface area contributed by atoms with Crippen LogP contribution >= 0.6 is 0 Å². The number of hydrogen-bond acceptors (Lipinski definition) is 2. The van der Waals surface area contributed by atoms with Crippen LogP contribution < -0.4 is 0 Å². The molecule has 1 aromatic rings. The van der Waals surface area contributed by atoms with Crippen molar-refractivity contribution in [3.8, 4) is 0 Å². The highest BCUT2D eigenvalue weighted by molar-refractivity contribution is 5.71. The molecule has 1 aromatic carbocycles. The molecule has 1 saturated heterocycles. The Morgan fingerprint density at radius 1 is 1.26 bits per heavy atom. The van der Waals surface area contributed by atoms with Crippen molar-refractivity contribution in [3.63, 3.8) is 0 Å². The lowest BCUT2D eigenvalue weighted by Crippen LogP contribution is -2.28. The number of ether oxygens (including phenoxy) is 1. The predicted molar refractivity (Wildman–Crippen MR) is 60.5 cm³/mol. The number of carbonyl (C=O) groups is 1. The summed E-state index contributed by atoms with van der Waals surface area (Å²) >= 11 is 0. The number of carboxylic acid groups (broad SMARTS) is 1. The van der Waals surface area contributed by atoms with Crippen molar-refractivity contribution in [2.24, 2.45) is 5.92 Å². The molecule has 0 amide bonds. The van der Waals surface area contributed by atoms with Gasteiger partial charge >= 0.3 is 12.1 Å². The third-order valence-corrected chi connectivity index (χ3v) is 3.21. The van der Waals surface area contributed by atoms with Crippen LogP contribution in [0.5, 0.6) is 0 Å². The van der Waals surface area contributed by atoms with Gasteiger partial charge in [0.2, 0.25) is 0 Å².